The molecule has 1 saturated carbocycles. The molecule has 2 fully saturated rings. The first kappa shape index (κ1) is 22.4. The first-order chi connectivity index (χ1) is 16.5. The van der Waals surface area contributed by atoms with Crippen molar-refractivity contribution in [1.29, 1.82) is 0 Å². The summed E-state index contributed by atoms with van der Waals surface area (Å²) in [7, 11) is 0. The predicted octanol–water partition coefficient (Wildman–Crippen LogP) is 2.72. The van der Waals surface area contributed by atoms with Crippen molar-refractivity contribution >= 4 is 18.0 Å². The van der Waals surface area contributed by atoms with Gasteiger partial charge in [0.15, 0.2) is 0 Å². The summed E-state index contributed by atoms with van der Waals surface area (Å²) in [4.78, 5) is 38.1. The van der Waals surface area contributed by atoms with Gasteiger partial charge in [0.2, 0.25) is 5.91 Å². The van der Waals surface area contributed by atoms with Crippen molar-refractivity contribution < 1.29 is 29.0 Å². The Morgan fingerprint density at radius 3 is 2.41 bits per heavy atom. The lowest BCUT2D eigenvalue weighted by atomic mass is 9.98. The second-order valence-corrected chi connectivity index (χ2v) is 9.20. The molecular weight excluding hydrogens is 436 g/mol. The number of benzene rings is 2. The first-order valence-electron chi connectivity index (χ1n) is 11.7. The summed E-state index contributed by atoms with van der Waals surface area (Å²) in [6.45, 7) is 1.63. The third-order valence-corrected chi connectivity index (χ3v) is 7.02. The van der Waals surface area contributed by atoms with E-state index in [2.05, 4.69) is 29.6 Å². The molecule has 0 bridgehead atoms. The zero-order valence-corrected chi connectivity index (χ0v) is 18.8. The van der Waals surface area contributed by atoms with E-state index in [-0.39, 0.29) is 43.4 Å². The van der Waals surface area contributed by atoms with Gasteiger partial charge in [0.05, 0.1) is 19.1 Å². The minimum atomic E-state index is -0.955. The quantitative estimate of drug-likeness (QED) is 0.681. The smallest absolute Gasteiger partial charge is 0.407 e. The number of nitrogens with one attached hydrogen (secondary N) is 1. The Bertz CT molecular complexity index is 1060. The van der Waals surface area contributed by atoms with E-state index < -0.39 is 18.0 Å². The highest BCUT2D eigenvalue weighted by molar-refractivity contribution is 5.83. The summed E-state index contributed by atoms with van der Waals surface area (Å²) in [6.07, 6.45) is 0.187. The van der Waals surface area contributed by atoms with Crippen LogP contribution in [-0.4, -0.2) is 67.4 Å². The van der Waals surface area contributed by atoms with Gasteiger partial charge in [-0.1, -0.05) is 48.5 Å². The van der Waals surface area contributed by atoms with Crippen molar-refractivity contribution in [2.45, 2.75) is 12.3 Å². The van der Waals surface area contributed by atoms with Crippen molar-refractivity contribution in [3.05, 3.63) is 59.7 Å². The van der Waals surface area contributed by atoms with Crippen LogP contribution in [0.4, 0.5) is 4.79 Å². The van der Waals surface area contributed by atoms with Gasteiger partial charge < -0.3 is 24.8 Å². The number of carbonyl (C=O) groups is 3. The Labute approximate surface area is 197 Å². The molecule has 2 aromatic rings. The largest absolute Gasteiger partial charge is 0.481 e. The van der Waals surface area contributed by atoms with E-state index in [4.69, 9.17) is 9.47 Å². The molecule has 178 valence electrons. The van der Waals surface area contributed by atoms with Crippen LogP contribution in [-0.2, 0) is 19.1 Å². The molecule has 8 heteroatoms. The number of hydrogen-bond acceptors (Lipinski definition) is 5. The lowest BCUT2D eigenvalue weighted by Crippen LogP contribution is -2.39. The van der Waals surface area contributed by atoms with Crippen molar-refractivity contribution in [2.75, 3.05) is 39.5 Å². The van der Waals surface area contributed by atoms with Crippen molar-refractivity contribution in [2.24, 2.45) is 17.8 Å². The Morgan fingerprint density at radius 2 is 1.74 bits per heavy atom. The van der Waals surface area contributed by atoms with E-state index in [0.29, 0.717) is 26.1 Å². The molecule has 2 amide bonds. The SMILES string of the molecule is O=C(NCC1CC1C(=O)N1CCOCC(C(=O)O)C1)OCC1c2ccccc2-c2ccccc21. The number of rotatable bonds is 6. The topological polar surface area (TPSA) is 105 Å². The normalized spacial score (nSPS) is 23.4. The highest BCUT2D eigenvalue weighted by Crippen LogP contribution is 2.44. The van der Waals surface area contributed by atoms with Gasteiger partial charge in [0, 0.05) is 31.5 Å². The Kier molecular flexibility index (Phi) is 6.24. The van der Waals surface area contributed by atoms with E-state index in [9.17, 15) is 19.5 Å². The summed E-state index contributed by atoms with van der Waals surface area (Å²) in [5, 5.41) is 12.1. The predicted molar refractivity (Wildman–Crippen MR) is 123 cm³/mol. The van der Waals surface area contributed by atoms with Gasteiger partial charge in [-0.3, -0.25) is 9.59 Å². The average molecular weight is 465 g/mol. The molecule has 0 aromatic heterocycles. The standard InChI is InChI=1S/C26H28N2O6/c29-24(28-9-10-33-14-17(13-28)25(30)31)22-11-16(22)12-27-26(32)34-15-23-20-7-3-1-5-18(20)19-6-2-4-8-21(19)23/h1-8,16-17,22-23H,9-15H2,(H,27,32)(H,30,31). The number of hydrogen-bond donors (Lipinski definition) is 2. The lowest BCUT2D eigenvalue weighted by Gasteiger charge is -2.22. The maximum atomic E-state index is 12.8. The number of nitrogens with zero attached hydrogens (tertiary/aromatic N) is 1. The summed E-state index contributed by atoms with van der Waals surface area (Å²) in [5.41, 5.74) is 4.67. The molecule has 0 spiro atoms. The number of carboxylic acids is 1. The first-order valence-corrected chi connectivity index (χ1v) is 11.7. The van der Waals surface area contributed by atoms with Crippen LogP contribution in [0, 0.1) is 17.8 Å². The maximum Gasteiger partial charge on any atom is 0.407 e. The van der Waals surface area contributed by atoms with Gasteiger partial charge in [-0.25, -0.2) is 4.79 Å². The fourth-order valence-electron chi connectivity index (χ4n) is 5.03. The zero-order chi connectivity index (χ0) is 23.7. The number of carbonyl (C=O) groups excluding carboxylic acids is 2. The summed E-state index contributed by atoms with van der Waals surface area (Å²) < 4.78 is 10.9. The highest BCUT2D eigenvalue weighted by Gasteiger charge is 2.45. The summed E-state index contributed by atoms with van der Waals surface area (Å²) >= 11 is 0. The molecule has 1 aliphatic heterocycles. The van der Waals surface area contributed by atoms with Crippen LogP contribution in [0.2, 0.25) is 0 Å². The molecule has 3 atom stereocenters. The van der Waals surface area contributed by atoms with Crippen LogP contribution in [0.15, 0.2) is 48.5 Å². The third-order valence-electron chi connectivity index (χ3n) is 7.02. The van der Waals surface area contributed by atoms with Crippen LogP contribution in [0.3, 0.4) is 0 Å². The number of amides is 2. The van der Waals surface area contributed by atoms with Gasteiger partial charge in [0.25, 0.3) is 0 Å². The van der Waals surface area contributed by atoms with Crippen LogP contribution in [0.1, 0.15) is 23.5 Å². The number of aliphatic carboxylic acids is 1. The van der Waals surface area contributed by atoms with Crippen LogP contribution >= 0.6 is 0 Å². The zero-order valence-electron chi connectivity index (χ0n) is 18.8. The van der Waals surface area contributed by atoms with Crippen molar-refractivity contribution in [3.63, 3.8) is 0 Å². The van der Waals surface area contributed by atoms with E-state index in [1.165, 1.54) is 11.1 Å². The molecule has 3 unspecified atom stereocenters. The minimum Gasteiger partial charge on any atom is -0.481 e. The van der Waals surface area contributed by atoms with Crippen LogP contribution in [0.25, 0.3) is 11.1 Å². The van der Waals surface area contributed by atoms with E-state index in [1.54, 1.807) is 4.90 Å². The molecule has 2 N–H and O–H groups in total. The lowest BCUT2D eigenvalue weighted by molar-refractivity contribution is -0.144. The second kappa shape index (κ2) is 9.46. The highest BCUT2D eigenvalue weighted by atomic mass is 16.5. The van der Waals surface area contributed by atoms with Gasteiger partial charge >= 0.3 is 12.1 Å². The Hall–Kier alpha value is -3.39. The molecule has 0 radical (unpaired) electrons. The molecular formula is C26H28N2O6. The van der Waals surface area contributed by atoms with Crippen LogP contribution in [0.5, 0.6) is 0 Å². The number of ether oxygens (including phenoxy) is 2. The van der Waals surface area contributed by atoms with Crippen molar-refractivity contribution in [1.82, 2.24) is 10.2 Å². The number of alkyl carbamates (subject to hydrolysis) is 1. The molecule has 34 heavy (non-hydrogen) atoms. The molecule has 1 heterocycles. The summed E-state index contributed by atoms with van der Waals surface area (Å²) in [6, 6.07) is 16.4. The molecule has 1 saturated heterocycles. The van der Waals surface area contributed by atoms with E-state index in [0.717, 1.165) is 11.1 Å². The van der Waals surface area contributed by atoms with Gasteiger partial charge in [0.1, 0.15) is 6.61 Å². The summed E-state index contributed by atoms with van der Waals surface area (Å²) in [5.74, 6) is -1.87. The van der Waals surface area contributed by atoms with Crippen molar-refractivity contribution in [3.8, 4) is 11.1 Å². The molecule has 2 aliphatic carbocycles. The minimum absolute atomic E-state index is 0.000776. The molecule has 2 aromatic carbocycles. The van der Waals surface area contributed by atoms with Gasteiger partial charge in [-0.15, -0.1) is 0 Å². The van der Waals surface area contributed by atoms with E-state index in [1.807, 2.05) is 24.3 Å². The fraction of sp³-hybridized carbons (Fsp3) is 0.423. The Morgan fingerprint density at radius 1 is 1.06 bits per heavy atom. The monoisotopic (exact) mass is 464 g/mol. The van der Waals surface area contributed by atoms with Crippen LogP contribution < -0.4 is 5.32 Å². The number of fused-ring (bicyclic) bond motifs is 3. The van der Waals surface area contributed by atoms with Gasteiger partial charge in [-0.2, -0.15) is 0 Å². The maximum absolute atomic E-state index is 12.8. The Balaban J connectivity index is 1.11. The molecule has 5 rings (SSSR count). The molecule has 3 aliphatic rings. The second-order valence-electron chi connectivity index (χ2n) is 9.20. The fourth-order valence-corrected chi connectivity index (χ4v) is 5.03. The van der Waals surface area contributed by atoms with Gasteiger partial charge in [-0.05, 0) is 34.6 Å². The average Bonchev–Trinajstić information content (AvgIpc) is 3.61. The van der Waals surface area contributed by atoms with E-state index >= 15 is 0 Å². The third kappa shape index (κ3) is 4.50. The number of carboxylic acid groups (broad SMARTS) is 1. The molecule has 8 nitrogen and oxygen atoms in total.